The van der Waals surface area contributed by atoms with Gasteiger partial charge in [0.2, 0.25) is 0 Å². The standard InChI is InChI=1S/C40H72O21/c1-4-5-11-14-21(15-12-9-7-6-8-10-13-16-24(43)44)56-39-35(30(50)27(47)22(17-41)57-39)61-40-36(31(51)28(48)23(18-42)58-40)60-38-33(53)34(26(46)20(3)55-38)59-37-32(52)29(49)25(45)19(2)54-37/h19-23,25-42,45-53H,4-18H2,1-3H3,(H,43,44). The molecule has 0 aromatic rings. The van der Waals surface area contributed by atoms with Gasteiger partial charge in [-0.2, -0.15) is 0 Å². The lowest BCUT2D eigenvalue weighted by Gasteiger charge is -2.49. The quantitative estimate of drug-likeness (QED) is 0.0461. The van der Waals surface area contributed by atoms with Gasteiger partial charge in [0, 0.05) is 6.42 Å². The van der Waals surface area contributed by atoms with Crippen molar-refractivity contribution < 1.29 is 104 Å². The molecule has 358 valence electrons. The van der Waals surface area contributed by atoms with E-state index in [-0.39, 0.29) is 6.42 Å². The number of ether oxygens (including phenoxy) is 8. The summed E-state index contributed by atoms with van der Waals surface area (Å²) in [4.78, 5) is 10.8. The molecule has 0 aliphatic carbocycles. The molecule has 0 radical (unpaired) electrons. The summed E-state index contributed by atoms with van der Waals surface area (Å²) < 4.78 is 47.5. The first kappa shape index (κ1) is 52.3. The van der Waals surface area contributed by atoms with E-state index in [1.54, 1.807) is 0 Å². The molecule has 4 aliphatic heterocycles. The first-order valence-corrected chi connectivity index (χ1v) is 21.8. The largest absolute Gasteiger partial charge is 0.481 e. The molecule has 21 atom stereocenters. The molecule has 21 nitrogen and oxygen atoms in total. The second kappa shape index (κ2) is 25.4. The molecular weight excluding hydrogens is 816 g/mol. The van der Waals surface area contributed by atoms with Crippen molar-refractivity contribution in [3.05, 3.63) is 0 Å². The van der Waals surface area contributed by atoms with Crippen molar-refractivity contribution in [2.24, 2.45) is 0 Å². The highest BCUT2D eigenvalue weighted by atomic mass is 16.8. The van der Waals surface area contributed by atoms with Crippen molar-refractivity contribution >= 4 is 5.97 Å². The zero-order chi connectivity index (χ0) is 45.0. The van der Waals surface area contributed by atoms with E-state index in [2.05, 4.69) is 6.92 Å². The van der Waals surface area contributed by atoms with Gasteiger partial charge < -0.3 is 99.2 Å². The fraction of sp³-hybridized carbons (Fsp3) is 0.975. The molecule has 12 N–H and O–H groups in total. The van der Waals surface area contributed by atoms with Crippen LogP contribution in [-0.4, -0.2) is 209 Å². The number of aliphatic carboxylic acids is 1. The number of aliphatic hydroxyl groups is 11. The van der Waals surface area contributed by atoms with E-state index < -0.39 is 148 Å². The Morgan fingerprint density at radius 3 is 1.51 bits per heavy atom. The van der Waals surface area contributed by atoms with Gasteiger partial charge in [-0.3, -0.25) is 4.79 Å². The maximum Gasteiger partial charge on any atom is 0.303 e. The van der Waals surface area contributed by atoms with Crippen LogP contribution in [0.3, 0.4) is 0 Å². The Balaban J connectivity index is 1.51. The number of aliphatic hydroxyl groups excluding tert-OH is 11. The van der Waals surface area contributed by atoms with Crippen LogP contribution >= 0.6 is 0 Å². The van der Waals surface area contributed by atoms with E-state index in [1.165, 1.54) is 13.8 Å². The number of unbranched alkanes of at least 4 members (excludes halogenated alkanes) is 8. The summed E-state index contributed by atoms with van der Waals surface area (Å²) in [6, 6.07) is 0. The average Bonchev–Trinajstić information content (AvgIpc) is 3.23. The maximum atomic E-state index is 11.4. The zero-order valence-electron chi connectivity index (χ0n) is 35.3. The van der Waals surface area contributed by atoms with Gasteiger partial charge in [0.1, 0.15) is 85.5 Å². The topological polar surface area (TPSA) is 334 Å². The first-order chi connectivity index (χ1) is 29.0. The molecule has 61 heavy (non-hydrogen) atoms. The minimum Gasteiger partial charge on any atom is -0.481 e. The van der Waals surface area contributed by atoms with Crippen LogP contribution in [0.4, 0.5) is 0 Å². The molecule has 0 amide bonds. The highest BCUT2D eigenvalue weighted by Gasteiger charge is 2.55. The van der Waals surface area contributed by atoms with Gasteiger partial charge in [0.15, 0.2) is 25.2 Å². The minimum absolute atomic E-state index is 0.153. The molecule has 0 aromatic heterocycles. The predicted molar refractivity (Wildman–Crippen MR) is 207 cm³/mol. The van der Waals surface area contributed by atoms with Crippen LogP contribution < -0.4 is 0 Å². The Morgan fingerprint density at radius 2 is 0.951 bits per heavy atom. The molecule has 4 fully saturated rings. The highest BCUT2D eigenvalue weighted by molar-refractivity contribution is 5.66. The number of carboxylic acid groups (broad SMARTS) is 1. The summed E-state index contributed by atoms with van der Waals surface area (Å²) in [5.41, 5.74) is 0. The smallest absolute Gasteiger partial charge is 0.303 e. The van der Waals surface area contributed by atoms with Crippen molar-refractivity contribution in [2.45, 2.75) is 233 Å². The van der Waals surface area contributed by atoms with Crippen LogP contribution in [0, 0.1) is 0 Å². The third-order valence-electron chi connectivity index (χ3n) is 12.0. The van der Waals surface area contributed by atoms with Gasteiger partial charge >= 0.3 is 5.97 Å². The molecule has 4 aliphatic rings. The van der Waals surface area contributed by atoms with Gasteiger partial charge in [0.25, 0.3) is 0 Å². The van der Waals surface area contributed by atoms with Gasteiger partial charge in [-0.25, -0.2) is 0 Å². The second-order valence-electron chi connectivity index (χ2n) is 16.7. The molecule has 0 saturated carbocycles. The van der Waals surface area contributed by atoms with Crippen molar-refractivity contribution in [3.8, 4) is 0 Å². The van der Waals surface area contributed by atoms with Crippen molar-refractivity contribution in [2.75, 3.05) is 13.2 Å². The number of hydrogen-bond donors (Lipinski definition) is 12. The van der Waals surface area contributed by atoms with Gasteiger partial charge in [-0.05, 0) is 33.1 Å². The summed E-state index contributed by atoms with van der Waals surface area (Å²) in [5.74, 6) is -0.805. The number of hydrogen-bond acceptors (Lipinski definition) is 20. The van der Waals surface area contributed by atoms with Gasteiger partial charge in [0.05, 0.1) is 31.5 Å². The molecule has 0 aromatic carbocycles. The molecular formula is C40H72O21. The third kappa shape index (κ3) is 14.1. The molecule has 4 rings (SSSR count). The van der Waals surface area contributed by atoms with Crippen LogP contribution in [0.25, 0.3) is 0 Å². The molecule has 4 heterocycles. The van der Waals surface area contributed by atoms with E-state index in [1.807, 2.05) is 0 Å². The van der Waals surface area contributed by atoms with E-state index >= 15 is 0 Å². The summed E-state index contributed by atoms with van der Waals surface area (Å²) >= 11 is 0. The minimum atomic E-state index is -1.91. The fourth-order valence-electron chi connectivity index (χ4n) is 8.11. The number of rotatable bonds is 24. The van der Waals surface area contributed by atoms with Crippen LogP contribution in [0.1, 0.15) is 104 Å². The Hall–Kier alpha value is -1.29. The SMILES string of the molecule is CCCCCC(CCCCCCCCCC(=O)O)OC1OC(CO)C(O)C(O)C1OC1OC(CO)C(O)C(O)C1OC1OC(C)C(O)C(OC2OC(C)C(O)C(O)C2O)C1O. The Bertz CT molecular complexity index is 1250. The average molecular weight is 889 g/mol. The van der Waals surface area contributed by atoms with Crippen LogP contribution in [-0.2, 0) is 42.7 Å². The molecule has 4 saturated heterocycles. The van der Waals surface area contributed by atoms with Crippen LogP contribution in [0.5, 0.6) is 0 Å². The van der Waals surface area contributed by atoms with Gasteiger partial charge in [-0.1, -0.05) is 64.7 Å². The molecule has 21 unspecified atom stereocenters. The maximum absolute atomic E-state index is 11.4. The monoisotopic (exact) mass is 888 g/mol. The summed E-state index contributed by atoms with van der Waals surface area (Å²) in [7, 11) is 0. The molecule has 0 spiro atoms. The van der Waals surface area contributed by atoms with Crippen molar-refractivity contribution in [1.29, 1.82) is 0 Å². The van der Waals surface area contributed by atoms with E-state index in [4.69, 9.17) is 43.0 Å². The van der Waals surface area contributed by atoms with E-state index in [0.717, 1.165) is 57.8 Å². The number of carbonyl (C=O) groups is 1. The fourth-order valence-corrected chi connectivity index (χ4v) is 8.11. The Labute approximate surface area is 356 Å². The normalized spacial score (nSPS) is 42.7. The van der Waals surface area contributed by atoms with Crippen molar-refractivity contribution in [1.82, 2.24) is 0 Å². The molecule has 0 bridgehead atoms. The summed E-state index contributed by atoms with van der Waals surface area (Å²) in [5, 5.41) is 127. The third-order valence-corrected chi connectivity index (χ3v) is 12.0. The first-order valence-electron chi connectivity index (χ1n) is 21.8. The highest BCUT2D eigenvalue weighted by Crippen LogP contribution is 2.35. The Kier molecular flexibility index (Phi) is 21.8. The lowest BCUT2D eigenvalue weighted by atomic mass is 9.96. The molecule has 21 heteroatoms. The van der Waals surface area contributed by atoms with E-state index in [9.17, 15) is 61.0 Å². The summed E-state index contributed by atoms with van der Waals surface area (Å²) in [6.45, 7) is 3.37. The van der Waals surface area contributed by atoms with E-state index in [0.29, 0.717) is 19.3 Å². The summed E-state index contributed by atoms with van der Waals surface area (Å²) in [6.07, 6.45) is -22.6. The number of carboxylic acids is 1. The van der Waals surface area contributed by atoms with Crippen LogP contribution in [0.15, 0.2) is 0 Å². The van der Waals surface area contributed by atoms with Crippen molar-refractivity contribution in [3.63, 3.8) is 0 Å². The predicted octanol–water partition coefficient (Wildman–Crippen LogP) is -2.12. The Morgan fingerprint density at radius 1 is 0.492 bits per heavy atom. The van der Waals surface area contributed by atoms with Crippen LogP contribution in [0.2, 0.25) is 0 Å². The lowest BCUT2D eigenvalue weighted by Crippen LogP contribution is -2.67. The second-order valence-corrected chi connectivity index (χ2v) is 16.7. The lowest BCUT2D eigenvalue weighted by molar-refractivity contribution is -0.400. The van der Waals surface area contributed by atoms with Gasteiger partial charge in [-0.15, -0.1) is 0 Å². The zero-order valence-corrected chi connectivity index (χ0v) is 35.3.